The molecule has 15 heavy (non-hydrogen) atoms. The normalized spacial score (nSPS) is 16.0. The molecule has 0 amide bonds. The predicted molar refractivity (Wildman–Crippen MR) is 72.2 cm³/mol. The second-order valence-corrected chi connectivity index (χ2v) is 5.49. The van der Waals surface area contributed by atoms with E-state index in [9.17, 15) is 0 Å². The van der Waals surface area contributed by atoms with Gasteiger partial charge in [0.2, 0.25) is 0 Å². The van der Waals surface area contributed by atoms with Crippen molar-refractivity contribution in [3.05, 3.63) is 27.7 Å². The van der Waals surface area contributed by atoms with Gasteiger partial charge in [0, 0.05) is 22.5 Å². The SMILES string of the molecule is Clc1ccc(NC2=NCCCS2)cc1Br. The van der Waals surface area contributed by atoms with Gasteiger partial charge in [-0.15, -0.1) is 0 Å². The number of benzene rings is 1. The van der Waals surface area contributed by atoms with Crippen LogP contribution in [0.25, 0.3) is 0 Å². The highest BCUT2D eigenvalue weighted by atomic mass is 79.9. The van der Waals surface area contributed by atoms with Crippen molar-refractivity contribution < 1.29 is 0 Å². The van der Waals surface area contributed by atoms with Gasteiger partial charge in [-0.05, 0) is 40.5 Å². The smallest absolute Gasteiger partial charge is 0.161 e. The molecular formula is C10H10BrClN2S. The fraction of sp³-hybridized carbons (Fsp3) is 0.300. The van der Waals surface area contributed by atoms with E-state index in [0.717, 1.165) is 32.6 Å². The van der Waals surface area contributed by atoms with Crippen molar-refractivity contribution in [3.8, 4) is 0 Å². The average molecular weight is 306 g/mol. The molecule has 0 bridgehead atoms. The summed E-state index contributed by atoms with van der Waals surface area (Å²) in [6.07, 6.45) is 1.17. The fourth-order valence-electron chi connectivity index (χ4n) is 1.23. The van der Waals surface area contributed by atoms with Crippen LogP contribution >= 0.6 is 39.3 Å². The third-order valence-corrected chi connectivity index (χ3v) is 4.18. The Bertz CT molecular complexity index is 395. The van der Waals surface area contributed by atoms with Crippen molar-refractivity contribution in [1.82, 2.24) is 0 Å². The van der Waals surface area contributed by atoms with Crippen molar-refractivity contribution >= 4 is 50.1 Å². The second-order valence-electron chi connectivity index (χ2n) is 3.14. The molecule has 1 aromatic carbocycles. The van der Waals surface area contributed by atoms with Crippen molar-refractivity contribution in [2.75, 3.05) is 17.6 Å². The molecule has 1 heterocycles. The molecule has 0 atom stereocenters. The lowest BCUT2D eigenvalue weighted by Gasteiger charge is -2.13. The first-order valence-corrected chi connectivity index (χ1v) is 6.81. The second kappa shape index (κ2) is 5.23. The van der Waals surface area contributed by atoms with Crippen molar-refractivity contribution in [2.45, 2.75) is 6.42 Å². The highest BCUT2D eigenvalue weighted by molar-refractivity contribution is 9.10. The highest BCUT2D eigenvalue weighted by Crippen LogP contribution is 2.26. The largest absolute Gasteiger partial charge is 0.335 e. The predicted octanol–water partition coefficient (Wildman–Crippen LogP) is 4.01. The standard InChI is InChI=1S/C10H10BrClN2S/c11-8-6-7(2-3-9(8)12)14-10-13-4-1-5-15-10/h2-3,6H,1,4-5H2,(H,13,14). The van der Waals surface area contributed by atoms with Crippen LogP contribution in [0.1, 0.15) is 6.42 Å². The molecule has 1 N–H and O–H groups in total. The van der Waals surface area contributed by atoms with Crippen molar-refractivity contribution in [3.63, 3.8) is 0 Å². The number of aliphatic imine (C=N–C) groups is 1. The summed E-state index contributed by atoms with van der Waals surface area (Å²) < 4.78 is 0.899. The number of nitrogens with one attached hydrogen (secondary N) is 1. The molecule has 2 rings (SSSR count). The minimum absolute atomic E-state index is 0.721. The minimum atomic E-state index is 0.721. The Morgan fingerprint density at radius 3 is 3.00 bits per heavy atom. The summed E-state index contributed by atoms with van der Waals surface area (Å²) in [4.78, 5) is 4.40. The van der Waals surface area contributed by atoms with Crippen LogP contribution in [-0.2, 0) is 0 Å². The number of rotatable bonds is 1. The molecule has 1 aliphatic heterocycles. The van der Waals surface area contributed by atoms with Gasteiger partial charge in [0.1, 0.15) is 0 Å². The summed E-state index contributed by atoms with van der Waals surface area (Å²) in [6.45, 7) is 0.921. The third-order valence-electron chi connectivity index (χ3n) is 1.97. The van der Waals surface area contributed by atoms with Crippen LogP contribution in [0, 0.1) is 0 Å². The van der Waals surface area contributed by atoms with Gasteiger partial charge in [0.05, 0.1) is 5.02 Å². The number of hydrogen-bond acceptors (Lipinski definition) is 3. The minimum Gasteiger partial charge on any atom is -0.335 e. The number of thioether (sulfide) groups is 1. The van der Waals surface area contributed by atoms with Crippen molar-refractivity contribution in [1.29, 1.82) is 0 Å². The van der Waals surface area contributed by atoms with E-state index in [4.69, 9.17) is 11.6 Å². The van der Waals surface area contributed by atoms with Gasteiger partial charge in [-0.25, -0.2) is 0 Å². The van der Waals surface area contributed by atoms with Gasteiger partial charge in [-0.1, -0.05) is 23.4 Å². The third kappa shape index (κ3) is 3.13. The van der Waals surface area contributed by atoms with E-state index in [0.29, 0.717) is 0 Å². The zero-order chi connectivity index (χ0) is 10.7. The summed E-state index contributed by atoms with van der Waals surface area (Å²) in [6, 6.07) is 5.77. The maximum atomic E-state index is 5.91. The Labute approximate surface area is 107 Å². The molecule has 0 unspecified atom stereocenters. The zero-order valence-corrected chi connectivity index (χ0v) is 11.1. The molecule has 0 aromatic heterocycles. The first-order chi connectivity index (χ1) is 7.25. The zero-order valence-electron chi connectivity index (χ0n) is 7.96. The summed E-state index contributed by atoms with van der Waals surface area (Å²) >= 11 is 11.1. The molecule has 0 saturated carbocycles. The van der Waals surface area contributed by atoms with E-state index in [1.807, 2.05) is 18.2 Å². The lowest BCUT2D eigenvalue weighted by molar-refractivity contribution is 0.938. The number of hydrogen-bond donors (Lipinski definition) is 1. The van der Waals surface area contributed by atoms with Crippen molar-refractivity contribution in [2.24, 2.45) is 4.99 Å². The average Bonchev–Trinajstić information content (AvgIpc) is 2.25. The summed E-state index contributed by atoms with van der Waals surface area (Å²) in [5.41, 5.74) is 1.01. The maximum Gasteiger partial charge on any atom is 0.161 e. The molecule has 0 radical (unpaired) electrons. The topological polar surface area (TPSA) is 24.4 Å². The molecule has 0 aliphatic carbocycles. The van der Waals surface area contributed by atoms with Crippen LogP contribution in [-0.4, -0.2) is 17.5 Å². The monoisotopic (exact) mass is 304 g/mol. The molecule has 0 saturated heterocycles. The van der Waals surface area contributed by atoms with Crippen LogP contribution in [0.15, 0.2) is 27.7 Å². The molecule has 2 nitrogen and oxygen atoms in total. The Balaban J connectivity index is 2.10. The van der Waals surface area contributed by atoms with E-state index >= 15 is 0 Å². The summed E-state index contributed by atoms with van der Waals surface area (Å²) in [5, 5.41) is 4.99. The van der Waals surface area contributed by atoms with Crippen LogP contribution in [0.3, 0.4) is 0 Å². The summed E-state index contributed by atoms with van der Waals surface area (Å²) in [7, 11) is 0. The Morgan fingerprint density at radius 1 is 1.47 bits per heavy atom. The first kappa shape index (κ1) is 11.3. The number of anilines is 1. The van der Waals surface area contributed by atoms with E-state index < -0.39 is 0 Å². The van der Waals surface area contributed by atoms with E-state index in [2.05, 4.69) is 26.2 Å². The van der Waals surface area contributed by atoms with Gasteiger partial charge in [0.15, 0.2) is 5.17 Å². The Morgan fingerprint density at radius 2 is 2.33 bits per heavy atom. The molecular weight excluding hydrogens is 296 g/mol. The number of amidine groups is 1. The lowest BCUT2D eigenvalue weighted by Crippen LogP contribution is -2.13. The Kier molecular flexibility index (Phi) is 3.94. The van der Waals surface area contributed by atoms with Gasteiger partial charge in [0.25, 0.3) is 0 Å². The van der Waals surface area contributed by atoms with Gasteiger partial charge < -0.3 is 5.32 Å². The molecule has 80 valence electrons. The number of nitrogens with zero attached hydrogens (tertiary/aromatic N) is 1. The van der Waals surface area contributed by atoms with Gasteiger partial charge >= 0.3 is 0 Å². The molecule has 5 heteroatoms. The molecule has 1 aliphatic rings. The van der Waals surface area contributed by atoms with E-state index in [-0.39, 0.29) is 0 Å². The van der Waals surface area contributed by atoms with Crippen LogP contribution in [0.2, 0.25) is 5.02 Å². The summed E-state index contributed by atoms with van der Waals surface area (Å²) in [5.74, 6) is 1.14. The quantitative estimate of drug-likeness (QED) is 0.848. The fourth-order valence-corrected chi connectivity index (χ4v) is 2.57. The molecule has 1 aromatic rings. The van der Waals surface area contributed by atoms with Gasteiger partial charge in [-0.2, -0.15) is 0 Å². The number of halogens is 2. The first-order valence-electron chi connectivity index (χ1n) is 4.65. The molecule has 0 fully saturated rings. The van der Waals surface area contributed by atoms with Crippen LogP contribution < -0.4 is 5.32 Å². The van der Waals surface area contributed by atoms with Crippen LogP contribution in [0.4, 0.5) is 5.69 Å². The van der Waals surface area contributed by atoms with E-state index in [1.54, 1.807) is 11.8 Å². The van der Waals surface area contributed by atoms with E-state index in [1.165, 1.54) is 6.42 Å². The van der Waals surface area contributed by atoms with Crippen LogP contribution in [0.5, 0.6) is 0 Å². The van der Waals surface area contributed by atoms with Gasteiger partial charge in [-0.3, -0.25) is 4.99 Å². The highest BCUT2D eigenvalue weighted by Gasteiger charge is 2.06. The maximum absolute atomic E-state index is 5.91. The molecule has 0 spiro atoms. The Hall–Kier alpha value is -0.190. The lowest BCUT2D eigenvalue weighted by atomic mass is 10.3.